The topological polar surface area (TPSA) is 224 Å². The zero-order valence-corrected chi connectivity index (χ0v) is 33.1. The molecule has 0 aromatic heterocycles. The number of carbonyl (C=O) groups excluding carboxylic acids is 7. The van der Waals surface area contributed by atoms with Crippen LogP contribution in [0.5, 0.6) is 0 Å². The summed E-state index contributed by atoms with van der Waals surface area (Å²) >= 11 is 17.7. The first-order valence-electron chi connectivity index (χ1n) is 16.9. The lowest BCUT2D eigenvalue weighted by Gasteiger charge is -2.48. The van der Waals surface area contributed by atoms with E-state index in [2.05, 4.69) is 5.32 Å². The van der Waals surface area contributed by atoms with E-state index in [9.17, 15) is 33.6 Å². The molecule has 0 saturated carbocycles. The Balaban J connectivity index is 1.91. The summed E-state index contributed by atoms with van der Waals surface area (Å²) < 4.78 is 54.1. The van der Waals surface area contributed by atoms with Crippen molar-refractivity contribution in [2.24, 2.45) is 0 Å². The lowest BCUT2D eigenvalue weighted by Crippen LogP contribution is -2.70. The van der Waals surface area contributed by atoms with Crippen LogP contribution < -0.4 is 5.32 Å². The molecule has 1 amide bonds. The SMILES string of the molecule is COC(=O)[C@H]1O[C@@H](OC)[C@H](OC(=O)c2ccccc2)[C@@H](OC(=O)c2ccccc2)[C@@H]1O[C@@H]1O[C@H](COC(C)=O)[C@@H](OC(C)=O)[C@H](OC(C)=O)[C@H]1NC(=O)C(Cl)(Cl)Cl. The molecule has 2 saturated heterocycles. The second-order valence-corrected chi connectivity index (χ2v) is 14.5. The highest BCUT2D eigenvalue weighted by Crippen LogP contribution is 2.36. The van der Waals surface area contributed by atoms with Gasteiger partial charge in [0, 0.05) is 27.9 Å². The van der Waals surface area contributed by atoms with Gasteiger partial charge >= 0.3 is 35.8 Å². The Bertz CT molecular complexity index is 1760. The number of esters is 6. The maximum absolute atomic E-state index is 13.7. The number of carbonyl (C=O) groups is 7. The highest BCUT2D eigenvalue weighted by atomic mass is 35.6. The second kappa shape index (κ2) is 20.2. The van der Waals surface area contributed by atoms with Crippen LogP contribution in [0.15, 0.2) is 60.7 Å². The number of hydrogen-bond acceptors (Lipinski definition) is 17. The van der Waals surface area contributed by atoms with Crippen molar-refractivity contribution in [3.63, 3.8) is 0 Å². The molecule has 21 heteroatoms. The lowest BCUT2D eigenvalue weighted by atomic mass is 9.94. The molecule has 2 aromatic rings. The predicted octanol–water partition coefficient (Wildman–Crippen LogP) is 2.37. The van der Waals surface area contributed by atoms with Gasteiger partial charge in [-0.2, -0.15) is 0 Å². The van der Waals surface area contributed by atoms with Crippen molar-refractivity contribution in [2.45, 2.75) is 85.9 Å². The molecule has 2 aliphatic rings. The first-order chi connectivity index (χ1) is 26.9. The van der Waals surface area contributed by atoms with Crippen LogP contribution in [0.3, 0.4) is 0 Å². The summed E-state index contributed by atoms with van der Waals surface area (Å²) in [4.78, 5) is 90.7. The summed E-state index contributed by atoms with van der Waals surface area (Å²) in [5.74, 6) is -7.09. The summed E-state index contributed by atoms with van der Waals surface area (Å²) in [5.41, 5.74) is 0.0778. The fraction of sp³-hybridized carbons (Fsp3) is 0.472. The molecule has 1 N–H and O–H groups in total. The first-order valence-corrected chi connectivity index (χ1v) is 18.0. The molecule has 2 fully saturated rings. The molecule has 57 heavy (non-hydrogen) atoms. The Kier molecular flexibility index (Phi) is 16.0. The number of alkyl halides is 3. The van der Waals surface area contributed by atoms with E-state index < -0.39 is 113 Å². The van der Waals surface area contributed by atoms with Crippen molar-refractivity contribution in [2.75, 3.05) is 20.8 Å². The average molecular weight is 863 g/mol. The number of hydrogen-bond donors (Lipinski definition) is 1. The van der Waals surface area contributed by atoms with Crippen molar-refractivity contribution in [3.05, 3.63) is 71.8 Å². The van der Waals surface area contributed by atoms with Gasteiger partial charge in [0.15, 0.2) is 43.1 Å². The van der Waals surface area contributed by atoms with Crippen LogP contribution in [0.25, 0.3) is 0 Å². The van der Waals surface area contributed by atoms with Gasteiger partial charge in [0.2, 0.25) is 0 Å². The largest absolute Gasteiger partial charge is 0.467 e. The Morgan fingerprint density at radius 3 is 1.65 bits per heavy atom. The highest BCUT2D eigenvalue weighted by Gasteiger charge is 2.59. The minimum absolute atomic E-state index is 0.0155. The van der Waals surface area contributed by atoms with Gasteiger partial charge < -0.3 is 52.7 Å². The number of amides is 1. The van der Waals surface area contributed by atoms with Crippen molar-refractivity contribution in [1.82, 2.24) is 5.32 Å². The number of halogens is 3. The summed E-state index contributed by atoms with van der Waals surface area (Å²) in [7, 11) is 2.17. The zero-order chi connectivity index (χ0) is 42.0. The molecule has 2 heterocycles. The zero-order valence-electron chi connectivity index (χ0n) is 30.8. The van der Waals surface area contributed by atoms with E-state index in [1.54, 1.807) is 36.4 Å². The van der Waals surface area contributed by atoms with E-state index in [1.165, 1.54) is 24.3 Å². The number of nitrogens with one attached hydrogen (secondary N) is 1. The average Bonchev–Trinajstić information content (AvgIpc) is 3.16. The van der Waals surface area contributed by atoms with E-state index in [0.29, 0.717) is 0 Å². The molecule has 0 spiro atoms. The minimum atomic E-state index is -2.66. The number of ether oxygens (including phenoxy) is 10. The van der Waals surface area contributed by atoms with E-state index in [-0.39, 0.29) is 11.1 Å². The van der Waals surface area contributed by atoms with Gasteiger partial charge in [0.05, 0.1) is 18.2 Å². The van der Waals surface area contributed by atoms with Crippen molar-refractivity contribution in [3.8, 4) is 0 Å². The summed E-state index contributed by atoms with van der Waals surface area (Å²) in [6.07, 6.45) is -15.9. The third-order valence-electron chi connectivity index (χ3n) is 8.21. The molecule has 18 nitrogen and oxygen atoms in total. The van der Waals surface area contributed by atoms with Crippen molar-refractivity contribution >= 4 is 76.5 Å². The Morgan fingerprint density at radius 1 is 0.649 bits per heavy atom. The molecule has 2 aliphatic heterocycles. The Labute approximate surface area is 340 Å². The fourth-order valence-corrected chi connectivity index (χ4v) is 5.97. The van der Waals surface area contributed by atoms with Crippen molar-refractivity contribution < 1.29 is 80.9 Å². The number of methoxy groups -OCH3 is 2. The smallest absolute Gasteiger partial charge is 0.338 e. The predicted molar refractivity (Wildman–Crippen MR) is 192 cm³/mol. The molecule has 0 bridgehead atoms. The van der Waals surface area contributed by atoms with Gasteiger partial charge in [-0.15, -0.1) is 0 Å². The molecule has 10 atom stereocenters. The highest BCUT2D eigenvalue weighted by molar-refractivity contribution is 6.76. The number of benzene rings is 2. The van der Waals surface area contributed by atoms with E-state index in [0.717, 1.165) is 35.0 Å². The summed E-state index contributed by atoms with van der Waals surface area (Å²) in [6.45, 7) is 2.41. The summed E-state index contributed by atoms with van der Waals surface area (Å²) in [6, 6.07) is 13.4. The van der Waals surface area contributed by atoms with Gasteiger partial charge in [0.1, 0.15) is 24.9 Å². The molecular formula is C36H38Cl3NO17. The van der Waals surface area contributed by atoms with Crippen LogP contribution >= 0.6 is 34.8 Å². The van der Waals surface area contributed by atoms with Gasteiger partial charge in [-0.05, 0) is 24.3 Å². The van der Waals surface area contributed by atoms with Crippen LogP contribution in [0, 0.1) is 0 Å². The molecule has 4 rings (SSSR count). The molecule has 0 unspecified atom stereocenters. The maximum Gasteiger partial charge on any atom is 0.338 e. The van der Waals surface area contributed by atoms with Crippen LogP contribution in [-0.2, 0) is 71.3 Å². The standard InChI is InChI=1S/C36H38Cl3NO17/c1-17(41)50-16-22-24(51-18(2)42)25(52-19(3)43)23(40-35(47)36(37,38)39)33(53-22)56-26-27(54-30(44)20-12-8-6-9-13-20)29(34(49-5)57-28(26)32(46)48-4)55-31(45)21-14-10-7-11-15-21/h6-15,22-29,33-34H,16H2,1-5H3,(H,40,47)/t22-,23-,24-,25-,26+,27+,28+,29-,33+,34-/m1/s1. The first kappa shape index (κ1) is 45.1. The van der Waals surface area contributed by atoms with Gasteiger partial charge in [-0.3, -0.25) is 19.2 Å². The molecular weight excluding hydrogens is 825 g/mol. The van der Waals surface area contributed by atoms with E-state index >= 15 is 0 Å². The minimum Gasteiger partial charge on any atom is -0.467 e. The summed E-state index contributed by atoms with van der Waals surface area (Å²) in [5, 5.41) is 2.33. The van der Waals surface area contributed by atoms with Crippen LogP contribution in [-0.4, -0.2) is 128 Å². The van der Waals surface area contributed by atoms with Crippen LogP contribution in [0.1, 0.15) is 41.5 Å². The van der Waals surface area contributed by atoms with E-state index in [1.807, 2.05) is 0 Å². The van der Waals surface area contributed by atoms with Gasteiger partial charge in [0.25, 0.3) is 9.70 Å². The van der Waals surface area contributed by atoms with Crippen molar-refractivity contribution in [1.29, 1.82) is 0 Å². The molecule has 310 valence electrons. The lowest BCUT2D eigenvalue weighted by molar-refractivity contribution is -0.338. The maximum atomic E-state index is 13.7. The molecule has 2 aromatic carbocycles. The normalized spacial score (nSPS) is 27.2. The molecule has 0 radical (unpaired) electrons. The van der Waals surface area contributed by atoms with Gasteiger partial charge in [-0.25, -0.2) is 14.4 Å². The number of rotatable bonds is 13. The molecule has 0 aliphatic carbocycles. The second-order valence-electron chi connectivity index (χ2n) is 12.2. The third-order valence-corrected chi connectivity index (χ3v) is 8.73. The fourth-order valence-electron chi connectivity index (χ4n) is 5.81. The van der Waals surface area contributed by atoms with E-state index in [4.69, 9.17) is 82.2 Å². The van der Waals surface area contributed by atoms with Crippen LogP contribution in [0.2, 0.25) is 0 Å². The third kappa shape index (κ3) is 12.0. The Hall–Kier alpha value is -4.56. The van der Waals surface area contributed by atoms with Gasteiger partial charge in [-0.1, -0.05) is 71.2 Å². The monoisotopic (exact) mass is 861 g/mol. The quantitative estimate of drug-likeness (QED) is 0.173. The Morgan fingerprint density at radius 2 is 1.18 bits per heavy atom. The van der Waals surface area contributed by atoms with Crippen LogP contribution in [0.4, 0.5) is 0 Å².